The van der Waals surface area contributed by atoms with E-state index in [0.717, 1.165) is 10.0 Å². The molecule has 26 heavy (non-hydrogen) atoms. The lowest BCUT2D eigenvalue weighted by molar-refractivity contribution is -0.118. The molecule has 0 aliphatic carbocycles. The van der Waals surface area contributed by atoms with Crippen LogP contribution >= 0.6 is 27.7 Å². The molecule has 8 heteroatoms. The lowest BCUT2D eigenvalue weighted by Crippen LogP contribution is -2.24. The third-order valence-corrected chi connectivity index (χ3v) is 5.21. The van der Waals surface area contributed by atoms with Gasteiger partial charge in [0.15, 0.2) is 11.0 Å². The van der Waals surface area contributed by atoms with Crippen molar-refractivity contribution in [2.75, 3.05) is 5.75 Å². The second-order valence-electron chi connectivity index (χ2n) is 5.58. The summed E-state index contributed by atoms with van der Waals surface area (Å²) >= 11 is 4.68. The first kappa shape index (κ1) is 18.5. The number of rotatable bonds is 6. The quantitative estimate of drug-likeness (QED) is 0.583. The van der Waals surface area contributed by atoms with Gasteiger partial charge < -0.3 is 15.0 Å². The van der Waals surface area contributed by atoms with Crippen LogP contribution in [0.5, 0.6) is 5.75 Å². The van der Waals surface area contributed by atoms with E-state index in [2.05, 4.69) is 31.4 Å². The second-order valence-corrected chi connectivity index (χ2v) is 7.44. The first-order chi connectivity index (χ1) is 12.5. The summed E-state index contributed by atoms with van der Waals surface area (Å²) in [5.74, 6) is 0.828. The molecule has 0 saturated heterocycles. The van der Waals surface area contributed by atoms with Crippen LogP contribution in [0.25, 0.3) is 11.4 Å². The van der Waals surface area contributed by atoms with E-state index in [9.17, 15) is 9.90 Å². The topological polar surface area (TPSA) is 80.0 Å². The van der Waals surface area contributed by atoms with Gasteiger partial charge in [-0.05, 0) is 23.8 Å². The van der Waals surface area contributed by atoms with Gasteiger partial charge in [-0.3, -0.25) is 4.79 Å². The van der Waals surface area contributed by atoms with Gasteiger partial charge in [0.05, 0.1) is 11.3 Å². The van der Waals surface area contributed by atoms with E-state index < -0.39 is 0 Å². The molecule has 134 valence electrons. The van der Waals surface area contributed by atoms with Crippen LogP contribution < -0.4 is 5.32 Å². The highest BCUT2D eigenvalue weighted by Gasteiger charge is 2.16. The fourth-order valence-electron chi connectivity index (χ4n) is 2.34. The van der Waals surface area contributed by atoms with Crippen molar-refractivity contribution in [2.45, 2.75) is 11.7 Å². The van der Waals surface area contributed by atoms with Crippen LogP contribution in [0.3, 0.4) is 0 Å². The fourth-order valence-corrected chi connectivity index (χ4v) is 3.44. The molecule has 0 fully saturated rings. The van der Waals surface area contributed by atoms with Gasteiger partial charge in [-0.15, -0.1) is 10.2 Å². The van der Waals surface area contributed by atoms with Crippen LogP contribution in [0.2, 0.25) is 0 Å². The van der Waals surface area contributed by atoms with Gasteiger partial charge in [0, 0.05) is 18.1 Å². The van der Waals surface area contributed by atoms with Crippen molar-refractivity contribution in [2.24, 2.45) is 7.05 Å². The SMILES string of the molecule is Cn1c(SCC(=O)NCc2ccccc2)nnc1-c1cc(Br)ccc1O. The van der Waals surface area contributed by atoms with Crippen LogP contribution in [-0.2, 0) is 18.4 Å². The molecule has 3 aromatic rings. The molecule has 1 aromatic heterocycles. The van der Waals surface area contributed by atoms with Gasteiger partial charge in [-0.2, -0.15) is 0 Å². The number of amides is 1. The number of benzene rings is 2. The Morgan fingerprint density at radius 3 is 2.77 bits per heavy atom. The van der Waals surface area contributed by atoms with Crippen molar-refractivity contribution < 1.29 is 9.90 Å². The smallest absolute Gasteiger partial charge is 0.230 e. The molecule has 0 atom stereocenters. The summed E-state index contributed by atoms with van der Waals surface area (Å²) in [6, 6.07) is 14.9. The Balaban J connectivity index is 1.62. The molecule has 2 aromatic carbocycles. The molecule has 0 spiro atoms. The highest BCUT2D eigenvalue weighted by molar-refractivity contribution is 9.10. The number of carbonyl (C=O) groups is 1. The normalized spacial score (nSPS) is 10.7. The maximum atomic E-state index is 12.0. The van der Waals surface area contributed by atoms with Gasteiger partial charge >= 0.3 is 0 Å². The molecule has 6 nitrogen and oxygen atoms in total. The molecule has 0 aliphatic heterocycles. The molecule has 0 saturated carbocycles. The summed E-state index contributed by atoms with van der Waals surface area (Å²) in [6.45, 7) is 0.496. The highest BCUT2D eigenvalue weighted by atomic mass is 79.9. The van der Waals surface area contributed by atoms with Gasteiger partial charge in [0.25, 0.3) is 0 Å². The molecule has 0 aliphatic rings. The number of thioether (sulfide) groups is 1. The lowest BCUT2D eigenvalue weighted by atomic mass is 10.2. The molecular weight excluding hydrogens is 416 g/mol. The largest absolute Gasteiger partial charge is 0.507 e. The number of carbonyl (C=O) groups excluding carboxylic acids is 1. The van der Waals surface area contributed by atoms with Crippen molar-refractivity contribution >= 4 is 33.6 Å². The Morgan fingerprint density at radius 1 is 1.23 bits per heavy atom. The maximum absolute atomic E-state index is 12.0. The molecular formula is C18H17BrN4O2S. The molecule has 1 amide bonds. The summed E-state index contributed by atoms with van der Waals surface area (Å²) in [5, 5.41) is 21.8. The molecule has 0 bridgehead atoms. The van der Waals surface area contributed by atoms with E-state index in [1.54, 1.807) is 29.8 Å². The minimum Gasteiger partial charge on any atom is -0.507 e. The fraction of sp³-hybridized carbons (Fsp3) is 0.167. The summed E-state index contributed by atoms with van der Waals surface area (Å²) in [5.41, 5.74) is 1.63. The number of aromatic hydroxyl groups is 1. The van der Waals surface area contributed by atoms with Gasteiger partial charge in [0.2, 0.25) is 5.91 Å². The third kappa shape index (κ3) is 4.44. The molecule has 3 rings (SSSR count). The van der Waals surface area contributed by atoms with Crippen LogP contribution in [-0.4, -0.2) is 31.5 Å². The van der Waals surface area contributed by atoms with Crippen LogP contribution in [0.1, 0.15) is 5.56 Å². The Hall–Kier alpha value is -2.32. The number of phenolic OH excluding ortho intramolecular Hbond substituents is 1. The lowest BCUT2D eigenvalue weighted by Gasteiger charge is -2.07. The molecule has 0 unspecified atom stereocenters. The number of nitrogens with zero attached hydrogens (tertiary/aromatic N) is 3. The van der Waals surface area contributed by atoms with E-state index in [4.69, 9.17) is 0 Å². The summed E-state index contributed by atoms with van der Waals surface area (Å²) in [4.78, 5) is 12.0. The van der Waals surface area contributed by atoms with E-state index in [1.165, 1.54) is 11.8 Å². The van der Waals surface area contributed by atoms with E-state index in [-0.39, 0.29) is 17.4 Å². The van der Waals surface area contributed by atoms with Crippen molar-refractivity contribution in [1.29, 1.82) is 0 Å². The number of hydrogen-bond acceptors (Lipinski definition) is 5. The predicted octanol–water partition coefficient (Wildman–Crippen LogP) is 3.36. The third-order valence-electron chi connectivity index (χ3n) is 3.70. The Labute approximate surface area is 163 Å². The number of nitrogens with one attached hydrogen (secondary N) is 1. The van der Waals surface area contributed by atoms with Gasteiger partial charge in [0.1, 0.15) is 5.75 Å². The number of hydrogen-bond donors (Lipinski definition) is 2. The summed E-state index contributed by atoms with van der Waals surface area (Å²) in [6.07, 6.45) is 0. The first-order valence-electron chi connectivity index (χ1n) is 7.86. The molecule has 2 N–H and O–H groups in total. The highest BCUT2D eigenvalue weighted by Crippen LogP contribution is 2.31. The van der Waals surface area contributed by atoms with Gasteiger partial charge in [-0.1, -0.05) is 58.0 Å². The van der Waals surface area contributed by atoms with Crippen molar-refractivity contribution in [3.63, 3.8) is 0 Å². The van der Waals surface area contributed by atoms with Gasteiger partial charge in [-0.25, -0.2) is 0 Å². The Morgan fingerprint density at radius 2 is 2.00 bits per heavy atom. The summed E-state index contributed by atoms with van der Waals surface area (Å²) in [7, 11) is 1.81. The Kier molecular flexibility index (Phi) is 5.95. The number of phenols is 1. The van der Waals surface area contributed by atoms with Crippen LogP contribution in [0, 0.1) is 0 Å². The minimum atomic E-state index is -0.0753. The Bertz CT molecular complexity index is 915. The summed E-state index contributed by atoms with van der Waals surface area (Å²) < 4.78 is 2.60. The van der Waals surface area contributed by atoms with Crippen LogP contribution in [0.15, 0.2) is 58.2 Å². The van der Waals surface area contributed by atoms with E-state index in [0.29, 0.717) is 23.1 Å². The average Bonchev–Trinajstić information content (AvgIpc) is 3.01. The standard InChI is InChI=1S/C18H17BrN4O2S/c1-23-17(14-9-13(19)7-8-15(14)24)21-22-18(23)26-11-16(25)20-10-12-5-3-2-4-6-12/h2-9,24H,10-11H2,1H3,(H,20,25). The zero-order valence-electron chi connectivity index (χ0n) is 14.0. The molecule has 1 heterocycles. The van der Waals surface area contributed by atoms with Crippen molar-refractivity contribution in [1.82, 2.24) is 20.1 Å². The zero-order chi connectivity index (χ0) is 18.5. The number of aromatic nitrogens is 3. The minimum absolute atomic E-state index is 0.0753. The first-order valence-corrected chi connectivity index (χ1v) is 9.64. The predicted molar refractivity (Wildman–Crippen MR) is 105 cm³/mol. The average molecular weight is 433 g/mol. The van der Waals surface area contributed by atoms with Crippen LogP contribution in [0.4, 0.5) is 0 Å². The molecule has 0 radical (unpaired) electrons. The van der Waals surface area contributed by atoms with E-state index >= 15 is 0 Å². The zero-order valence-corrected chi connectivity index (χ0v) is 16.4. The van der Waals surface area contributed by atoms with Crippen molar-refractivity contribution in [3.8, 4) is 17.1 Å². The number of halogens is 1. The van der Waals surface area contributed by atoms with Crippen molar-refractivity contribution in [3.05, 3.63) is 58.6 Å². The second kappa shape index (κ2) is 8.37. The maximum Gasteiger partial charge on any atom is 0.230 e. The monoisotopic (exact) mass is 432 g/mol. The van der Waals surface area contributed by atoms with E-state index in [1.807, 2.05) is 30.3 Å².